The van der Waals surface area contributed by atoms with Crippen LogP contribution in [0.5, 0.6) is 0 Å². The molecule has 0 amide bonds. The Balaban J connectivity index is 1.85. The number of rotatable bonds is 4. The Hall–Kier alpha value is -0.720. The topological polar surface area (TPSA) is 38.9 Å². The van der Waals surface area contributed by atoms with Crippen molar-refractivity contribution in [2.75, 3.05) is 31.1 Å². The SMILES string of the molecule is Cc1nn(C)c2c1nc(CCl)n2CCN1CCSCC1. The average molecular weight is 314 g/mol. The Bertz CT molecular complexity index is 599. The summed E-state index contributed by atoms with van der Waals surface area (Å²) in [5.41, 5.74) is 3.05. The van der Waals surface area contributed by atoms with Crippen molar-refractivity contribution in [3.05, 3.63) is 11.5 Å². The fourth-order valence-electron chi connectivity index (χ4n) is 2.78. The van der Waals surface area contributed by atoms with E-state index in [0.717, 1.165) is 35.8 Å². The van der Waals surface area contributed by atoms with Crippen LogP contribution in [-0.4, -0.2) is 55.4 Å². The Kier molecular flexibility index (Phi) is 4.23. The minimum absolute atomic E-state index is 0.448. The number of fused-ring (bicyclic) bond motifs is 1. The number of thioether (sulfide) groups is 1. The lowest BCUT2D eigenvalue weighted by atomic mass is 10.4. The van der Waals surface area contributed by atoms with E-state index in [1.807, 2.05) is 30.4 Å². The predicted octanol–water partition coefficient (Wildman–Crippen LogP) is 1.87. The number of halogens is 1. The molecule has 0 saturated carbocycles. The molecule has 0 unspecified atom stereocenters. The molecule has 0 spiro atoms. The number of alkyl halides is 1. The van der Waals surface area contributed by atoms with Crippen molar-refractivity contribution in [1.29, 1.82) is 0 Å². The highest BCUT2D eigenvalue weighted by molar-refractivity contribution is 7.99. The second-order valence-corrected chi connectivity index (χ2v) is 6.64. The second kappa shape index (κ2) is 5.95. The van der Waals surface area contributed by atoms with Crippen LogP contribution in [0.4, 0.5) is 0 Å². The van der Waals surface area contributed by atoms with Gasteiger partial charge in [0.1, 0.15) is 11.3 Å². The first-order valence-electron chi connectivity index (χ1n) is 6.95. The molecule has 1 saturated heterocycles. The van der Waals surface area contributed by atoms with Gasteiger partial charge in [-0.15, -0.1) is 11.6 Å². The van der Waals surface area contributed by atoms with Gasteiger partial charge in [-0.2, -0.15) is 16.9 Å². The molecule has 0 bridgehead atoms. The van der Waals surface area contributed by atoms with E-state index < -0.39 is 0 Å². The molecule has 3 heterocycles. The summed E-state index contributed by atoms with van der Waals surface area (Å²) in [5, 5.41) is 4.45. The maximum Gasteiger partial charge on any atom is 0.158 e. The van der Waals surface area contributed by atoms with Gasteiger partial charge in [0, 0.05) is 44.7 Å². The lowest BCUT2D eigenvalue weighted by Crippen LogP contribution is -2.35. The zero-order valence-corrected chi connectivity index (χ0v) is 13.5. The van der Waals surface area contributed by atoms with Crippen LogP contribution in [0.1, 0.15) is 11.5 Å². The van der Waals surface area contributed by atoms with E-state index in [4.69, 9.17) is 11.6 Å². The predicted molar refractivity (Wildman–Crippen MR) is 84.6 cm³/mol. The molecule has 1 aliphatic heterocycles. The van der Waals surface area contributed by atoms with E-state index in [-0.39, 0.29) is 0 Å². The molecule has 110 valence electrons. The highest BCUT2D eigenvalue weighted by atomic mass is 35.5. The second-order valence-electron chi connectivity index (χ2n) is 5.15. The molecule has 20 heavy (non-hydrogen) atoms. The molecule has 0 atom stereocenters. The van der Waals surface area contributed by atoms with E-state index in [1.54, 1.807) is 0 Å². The fourth-order valence-corrected chi connectivity index (χ4v) is 3.97. The van der Waals surface area contributed by atoms with Gasteiger partial charge in [0.25, 0.3) is 0 Å². The molecule has 0 aliphatic carbocycles. The molecule has 2 aromatic heterocycles. The zero-order valence-electron chi connectivity index (χ0n) is 12.0. The van der Waals surface area contributed by atoms with Gasteiger partial charge >= 0.3 is 0 Å². The molecule has 0 radical (unpaired) electrons. The van der Waals surface area contributed by atoms with Crippen molar-refractivity contribution in [3.63, 3.8) is 0 Å². The minimum Gasteiger partial charge on any atom is -0.311 e. The van der Waals surface area contributed by atoms with Gasteiger partial charge < -0.3 is 4.57 Å². The molecular formula is C13H20ClN5S. The number of nitrogens with zero attached hydrogens (tertiary/aromatic N) is 5. The van der Waals surface area contributed by atoms with Crippen LogP contribution < -0.4 is 0 Å². The fraction of sp³-hybridized carbons (Fsp3) is 0.692. The maximum absolute atomic E-state index is 6.06. The van der Waals surface area contributed by atoms with Gasteiger partial charge in [-0.05, 0) is 6.92 Å². The summed E-state index contributed by atoms with van der Waals surface area (Å²) in [5.74, 6) is 3.88. The largest absolute Gasteiger partial charge is 0.311 e. The highest BCUT2D eigenvalue weighted by Gasteiger charge is 2.18. The Labute approximate surface area is 128 Å². The molecule has 1 fully saturated rings. The molecular weight excluding hydrogens is 294 g/mol. The van der Waals surface area contributed by atoms with Gasteiger partial charge in [-0.1, -0.05) is 0 Å². The van der Waals surface area contributed by atoms with Crippen molar-refractivity contribution >= 4 is 34.5 Å². The third-order valence-electron chi connectivity index (χ3n) is 3.83. The molecule has 7 heteroatoms. The number of hydrogen-bond acceptors (Lipinski definition) is 4. The van der Waals surface area contributed by atoms with Crippen LogP contribution in [0.2, 0.25) is 0 Å². The molecule has 5 nitrogen and oxygen atoms in total. The van der Waals surface area contributed by atoms with Gasteiger partial charge in [0.15, 0.2) is 5.65 Å². The summed E-state index contributed by atoms with van der Waals surface area (Å²) in [6, 6.07) is 0. The number of hydrogen-bond donors (Lipinski definition) is 0. The summed E-state index contributed by atoms with van der Waals surface area (Å²) < 4.78 is 4.14. The molecule has 0 aromatic carbocycles. The van der Waals surface area contributed by atoms with Crippen molar-refractivity contribution < 1.29 is 0 Å². The van der Waals surface area contributed by atoms with Crippen molar-refractivity contribution in [2.24, 2.45) is 7.05 Å². The van der Waals surface area contributed by atoms with E-state index in [0.29, 0.717) is 5.88 Å². The summed E-state index contributed by atoms with van der Waals surface area (Å²) in [6.45, 7) is 6.36. The molecule has 3 rings (SSSR count). The van der Waals surface area contributed by atoms with Crippen molar-refractivity contribution in [3.8, 4) is 0 Å². The number of imidazole rings is 1. The third-order valence-corrected chi connectivity index (χ3v) is 5.01. The average Bonchev–Trinajstić information content (AvgIpc) is 2.96. The van der Waals surface area contributed by atoms with Crippen molar-refractivity contribution in [2.45, 2.75) is 19.3 Å². The van der Waals surface area contributed by atoms with Gasteiger partial charge in [0.05, 0.1) is 11.6 Å². The van der Waals surface area contributed by atoms with Gasteiger partial charge in [-0.25, -0.2) is 4.98 Å². The smallest absolute Gasteiger partial charge is 0.158 e. The first-order valence-corrected chi connectivity index (χ1v) is 8.64. The summed E-state index contributed by atoms with van der Waals surface area (Å²) in [4.78, 5) is 7.16. The third kappa shape index (κ3) is 2.56. The maximum atomic E-state index is 6.06. The number of aryl methyl sites for hydroxylation is 2. The highest BCUT2D eigenvalue weighted by Crippen LogP contribution is 2.20. The normalized spacial score (nSPS) is 17.1. The van der Waals surface area contributed by atoms with E-state index >= 15 is 0 Å². The van der Waals surface area contributed by atoms with Crippen LogP contribution >= 0.6 is 23.4 Å². The molecule has 0 N–H and O–H groups in total. The monoisotopic (exact) mass is 313 g/mol. The minimum atomic E-state index is 0.448. The van der Waals surface area contributed by atoms with Crippen LogP contribution in [0.25, 0.3) is 11.2 Å². The van der Waals surface area contributed by atoms with Gasteiger partial charge in [0.2, 0.25) is 0 Å². The molecule has 2 aromatic rings. The van der Waals surface area contributed by atoms with E-state index in [2.05, 4.69) is 19.5 Å². The first kappa shape index (κ1) is 14.2. The van der Waals surface area contributed by atoms with Crippen molar-refractivity contribution in [1.82, 2.24) is 24.2 Å². The van der Waals surface area contributed by atoms with Crippen LogP contribution in [0.3, 0.4) is 0 Å². The number of aromatic nitrogens is 4. The first-order chi connectivity index (χ1) is 9.70. The summed E-state index contributed by atoms with van der Waals surface area (Å²) in [6.07, 6.45) is 0. The van der Waals surface area contributed by atoms with E-state index in [1.165, 1.54) is 24.6 Å². The van der Waals surface area contributed by atoms with Crippen LogP contribution in [-0.2, 0) is 19.5 Å². The van der Waals surface area contributed by atoms with Crippen LogP contribution in [0, 0.1) is 6.92 Å². The quantitative estimate of drug-likeness (QED) is 0.808. The summed E-state index contributed by atoms with van der Waals surface area (Å²) >= 11 is 8.10. The lowest BCUT2D eigenvalue weighted by Gasteiger charge is -2.26. The van der Waals surface area contributed by atoms with Gasteiger partial charge in [-0.3, -0.25) is 9.58 Å². The van der Waals surface area contributed by atoms with E-state index in [9.17, 15) is 0 Å². The standard InChI is InChI=1S/C13H20ClN5S/c1-10-12-13(17(2)16-10)19(11(9-14)15-12)4-3-18-5-7-20-8-6-18/h3-9H2,1-2H3. The Morgan fingerprint density at radius 2 is 2.00 bits per heavy atom. The summed E-state index contributed by atoms with van der Waals surface area (Å²) in [7, 11) is 1.98. The zero-order chi connectivity index (χ0) is 14.1. The lowest BCUT2D eigenvalue weighted by molar-refractivity contribution is 0.289. The molecule has 1 aliphatic rings. The Morgan fingerprint density at radius 3 is 2.70 bits per heavy atom. The van der Waals surface area contributed by atoms with Crippen LogP contribution in [0.15, 0.2) is 0 Å². The Morgan fingerprint density at radius 1 is 1.25 bits per heavy atom.